The fourth-order valence-electron chi connectivity index (χ4n) is 1.86. The van der Waals surface area contributed by atoms with Crippen molar-refractivity contribution in [2.24, 2.45) is 0 Å². The van der Waals surface area contributed by atoms with Gasteiger partial charge in [0.05, 0.1) is 0 Å². The molecule has 0 atom stereocenters. The number of Topliss-reactive ketones (excluding diaryl/α,β-unsaturated/α-hetero) is 1. The van der Waals surface area contributed by atoms with Crippen LogP contribution >= 0.6 is 0 Å². The highest BCUT2D eigenvalue weighted by Gasteiger charge is 2.13. The van der Waals surface area contributed by atoms with Crippen molar-refractivity contribution in [3.63, 3.8) is 0 Å². The number of nitrogens with zero attached hydrogens (tertiary/aromatic N) is 1. The van der Waals surface area contributed by atoms with E-state index in [2.05, 4.69) is 0 Å². The first-order chi connectivity index (χ1) is 10.1. The third-order valence-electron chi connectivity index (χ3n) is 3.12. The second-order valence-electron chi connectivity index (χ2n) is 4.71. The van der Waals surface area contributed by atoms with Crippen LogP contribution in [-0.2, 0) is 11.3 Å². The molecular weight excluding hydrogens is 266 g/mol. The Balaban J connectivity index is 2.02. The summed E-state index contributed by atoms with van der Waals surface area (Å²) in [7, 11) is 1.62. The molecule has 2 aromatic rings. The molecule has 0 unspecified atom stereocenters. The van der Waals surface area contributed by atoms with Gasteiger partial charge in [0.15, 0.2) is 5.78 Å². The number of anilines is 1. The van der Waals surface area contributed by atoms with Gasteiger partial charge in [0.1, 0.15) is 6.61 Å². The summed E-state index contributed by atoms with van der Waals surface area (Å²) in [6.07, 6.45) is -0.459. The normalized spacial score (nSPS) is 10.0. The van der Waals surface area contributed by atoms with Crippen LogP contribution in [0.25, 0.3) is 0 Å². The second-order valence-corrected chi connectivity index (χ2v) is 4.71. The number of hydrogen-bond donors (Lipinski definition) is 0. The van der Waals surface area contributed by atoms with Gasteiger partial charge in [-0.15, -0.1) is 0 Å². The summed E-state index contributed by atoms with van der Waals surface area (Å²) in [5.74, 6) is -0.0390. The summed E-state index contributed by atoms with van der Waals surface area (Å²) in [6.45, 7) is 1.71. The monoisotopic (exact) mass is 283 g/mol. The smallest absolute Gasteiger partial charge is 0.414 e. The van der Waals surface area contributed by atoms with E-state index in [0.717, 1.165) is 5.56 Å². The molecule has 0 saturated heterocycles. The molecule has 2 rings (SSSR count). The first kappa shape index (κ1) is 14.8. The number of hydrogen-bond acceptors (Lipinski definition) is 3. The van der Waals surface area contributed by atoms with E-state index >= 15 is 0 Å². The third-order valence-corrected chi connectivity index (χ3v) is 3.12. The Morgan fingerprint density at radius 2 is 1.76 bits per heavy atom. The van der Waals surface area contributed by atoms with Gasteiger partial charge < -0.3 is 4.74 Å². The highest BCUT2D eigenvalue weighted by atomic mass is 16.6. The zero-order chi connectivity index (χ0) is 15.2. The minimum absolute atomic E-state index is 0.0390. The fraction of sp³-hybridized carbons (Fsp3) is 0.176. The Labute approximate surface area is 124 Å². The molecule has 108 valence electrons. The quantitative estimate of drug-likeness (QED) is 0.804. The van der Waals surface area contributed by atoms with E-state index in [9.17, 15) is 9.59 Å². The maximum absolute atomic E-state index is 12.0. The van der Waals surface area contributed by atoms with Gasteiger partial charge in [0.25, 0.3) is 0 Å². The first-order valence-electron chi connectivity index (χ1n) is 6.63. The topological polar surface area (TPSA) is 46.6 Å². The minimum Gasteiger partial charge on any atom is -0.444 e. The molecule has 1 amide bonds. The number of carbonyl (C=O) groups excluding carboxylic acids is 2. The Bertz CT molecular complexity index is 637. The standard InChI is InChI=1S/C17H17NO3/c1-13(19)15-9-6-10-16(11-15)18(2)17(20)21-12-14-7-4-3-5-8-14/h3-11H,12H2,1-2H3. The molecule has 4 nitrogen and oxygen atoms in total. The Kier molecular flexibility index (Phi) is 4.72. The first-order valence-corrected chi connectivity index (χ1v) is 6.63. The molecular formula is C17H17NO3. The maximum atomic E-state index is 12.0. The van der Waals surface area contributed by atoms with Crippen LogP contribution in [0.4, 0.5) is 10.5 Å². The highest BCUT2D eigenvalue weighted by molar-refractivity contribution is 5.96. The molecule has 0 bridgehead atoms. The van der Waals surface area contributed by atoms with Gasteiger partial charge in [-0.25, -0.2) is 4.79 Å². The number of rotatable bonds is 4. The summed E-state index contributed by atoms with van der Waals surface area (Å²) in [5, 5.41) is 0. The van der Waals surface area contributed by atoms with Crippen molar-refractivity contribution in [2.45, 2.75) is 13.5 Å². The predicted molar refractivity (Wildman–Crippen MR) is 81.5 cm³/mol. The lowest BCUT2D eigenvalue weighted by Gasteiger charge is -2.17. The zero-order valence-electron chi connectivity index (χ0n) is 12.1. The van der Waals surface area contributed by atoms with Crippen LogP contribution in [0.15, 0.2) is 54.6 Å². The van der Waals surface area contributed by atoms with Crippen molar-refractivity contribution in [3.8, 4) is 0 Å². The summed E-state index contributed by atoms with van der Waals surface area (Å²) in [5.41, 5.74) is 2.12. The van der Waals surface area contributed by atoms with Crippen LogP contribution in [0.3, 0.4) is 0 Å². The van der Waals surface area contributed by atoms with Crippen LogP contribution < -0.4 is 4.90 Å². The van der Waals surface area contributed by atoms with Crippen LogP contribution in [0.2, 0.25) is 0 Å². The Morgan fingerprint density at radius 3 is 2.43 bits per heavy atom. The molecule has 0 fully saturated rings. The van der Waals surface area contributed by atoms with Gasteiger partial charge in [-0.1, -0.05) is 42.5 Å². The van der Waals surface area contributed by atoms with E-state index in [4.69, 9.17) is 4.74 Å². The highest BCUT2D eigenvalue weighted by Crippen LogP contribution is 2.16. The molecule has 0 radical (unpaired) electrons. The van der Waals surface area contributed by atoms with Crippen LogP contribution in [0, 0.1) is 0 Å². The zero-order valence-corrected chi connectivity index (χ0v) is 12.1. The van der Waals surface area contributed by atoms with Crippen molar-refractivity contribution < 1.29 is 14.3 Å². The second kappa shape index (κ2) is 6.70. The third kappa shape index (κ3) is 3.92. The van der Waals surface area contributed by atoms with Crippen molar-refractivity contribution in [2.75, 3.05) is 11.9 Å². The average Bonchev–Trinajstić information content (AvgIpc) is 2.53. The molecule has 0 aliphatic heterocycles. The minimum atomic E-state index is -0.459. The van der Waals surface area contributed by atoms with Crippen LogP contribution in [-0.4, -0.2) is 18.9 Å². The summed E-state index contributed by atoms with van der Waals surface area (Å²) < 4.78 is 5.25. The van der Waals surface area contributed by atoms with E-state index in [1.54, 1.807) is 31.3 Å². The van der Waals surface area contributed by atoms with Crippen molar-refractivity contribution >= 4 is 17.6 Å². The lowest BCUT2D eigenvalue weighted by molar-refractivity contribution is 0.101. The fourth-order valence-corrected chi connectivity index (χ4v) is 1.86. The van der Waals surface area contributed by atoms with Crippen LogP contribution in [0.5, 0.6) is 0 Å². The summed E-state index contributed by atoms with van der Waals surface area (Å²) in [6, 6.07) is 16.4. The predicted octanol–water partition coefficient (Wildman–Crippen LogP) is 3.66. The van der Waals surface area contributed by atoms with Gasteiger partial charge >= 0.3 is 6.09 Å². The number of ketones is 1. The molecule has 0 spiro atoms. The number of ether oxygens (including phenoxy) is 1. The molecule has 0 N–H and O–H groups in total. The summed E-state index contributed by atoms with van der Waals surface area (Å²) in [4.78, 5) is 24.8. The number of amides is 1. The molecule has 0 aliphatic rings. The average molecular weight is 283 g/mol. The van der Waals surface area contributed by atoms with E-state index < -0.39 is 6.09 Å². The molecule has 4 heteroatoms. The number of benzene rings is 2. The molecule has 2 aromatic carbocycles. The number of carbonyl (C=O) groups is 2. The lowest BCUT2D eigenvalue weighted by atomic mass is 10.1. The van der Waals surface area contributed by atoms with Gasteiger partial charge in [0, 0.05) is 18.3 Å². The molecule has 0 heterocycles. The van der Waals surface area contributed by atoms with Gasteiger partial charge in [-0.05, 0) is 24.6 Å². The summed E-state index contributed by atoms with van der Waals surface area (Å²) >= 11 is 0. The SMILES string of the molecule is CC(=O)c1cccc(N(C)C(=O)OCc2ccccc2)c1. The molecule has 0 saturated carbocycles. The lowest BCUT2D eigenvalue weighted by Crippen LogP contribution is -2.27. The largest absolute Gasteiger partial charge is 0.444 e. The van der Waals surface area contributed by atoms with Crippen molar-refractivity contribution in [1.82, 2.24) is 0 Å². The molecule has 0 aliphatic carbocycles. The molecule has 21 heavy (non-hydrogen) atoms. The molecule has 0 aromatic heterocycles. The van der Waals surface area contributed by atoms with Crippen molar-refractivity contribution in [3.05, 3.63) is 65.7 Å². The Morgan fingerprint density at radius 1 is 1.05 bits per heavy atom. The van der Waals surface area contributed by atoms with Crippen LogP contribution in [0.1, 0.15) is 22.8 Å². The van der Waals surface area contributed by atoms with E-state index in [-0.39, 0.29) is 12.4 Å². The van der Waals surface area contributed by atoms with Crippen molar-refractivity contribution in [1.29, 1.82) is 0 Å². The Hall–Kier alpha value is -2.62. The van der Waals surface area contributed by atoms with E-state index in [1.165, 1.54) is 11.8 Å². The van der Waals surface area contributed by atoms with E-state index in [0.29, 0.717) is 11.3 Å². The van der Waals surface area contributed by atoms with Gasteiger partial charge in [-0.2, -0.15) is 0 Å². The maximum Gasteiger partial charge on any atom is 0.414 e. The van der Waals surface area contributed by atoms with E-state index in [1.807, 2.05) is 30.3 Å². The van der Waals surface area contributed by atoms with Gasteiger partial charge in [-0.3, -0.25) is 9.69 Å². The van der Waals surface area contributed by atoms with Gasteiger partial charge in [0.2, 0.25) is 0 Å².